The van der Waals surface area contributed by atoms with E-state index in [2.05, 4.69) is 10.1 Å². The molecule has 4 heteroatoms. The summed E-state index contributed by atoms with van der Waals surface area (Å²) < 4.78 is 0. The number of hydrogen-bond donors (Lipinski definition) is 1. The summed E-state index contributed by atoms with van der Waals surface area (Å²) in [5.74, 6) is 0. The van der Waals surface area contributed by atoms with Gasteiger partial charge in [-0.05, 0) is 12.1 Å². The van der Waals surface area contributed by atoms with Crippen LogP contribution in [-0.4, -0.2) is 15.4 Å². The van der Waals surface area contributed by atoms with Gasteiger partial charge in [-0.15, -0.1) is 0 Å². The highest BCUT2D eigenvalue weighted by Gasteiger charge is 2.05. The molecule has 2 aromatic rings. The van der Waals surface area contributed by atoms with E-state index in [1.54, 1.807) is 12.3 Å². The number of pyridine rings is 1. The number of hydrogen-bond acceptors (Lipinski definition) is 3. The van der Waals surface area contributed by atoms with E-state index in [1.807, 2.05) is 24.3 Å². The molecule has 0 radical (unpaired) electrons. The van der Waals surface area contributed by atoms with Gasteiger partial charge in [0.2, 0.25) is 0 Å². The van der Waals surface area contributed by atoms with Gasteiger partial charge in [-0.3, -0.25) is 4.98 Å². The second kappa shape index (κ2) is 3.64. The SMILES string of the molecule is ON=C(Cl)c1cccc2ncccc12. The van der Waals surface area contributed by atoms with Crippen LogP contribution in [0.15, 0.2) is 41.7 Å². The first-order valence-electron chi connectivity index (χ1n) is 4.04. The summed E-state index contributed by atoms with van der Waals surface area (Å²) >= 11 is 5.74. The molecule has 0 aliphatic rings. The highest BCUT2D eigenvalue weighted by molar-refractivity contribution is 6.70. The Balaban J connectivity index is 2.77. The van der Waals surface area contributed by atoms with Crippen LogP contribution in [-0.2, 0) is 0 Å². The van der Waals surface area contributed by atoms with Gasteiger partial charge in [0.25, 0.3) is 0 Å². The molecule has 0 aliphatic heterocycles. The van der Waals surface area contributed by atoms with Crippen LogP contribution in [0.1, 0.15) is 5.56 Å². The molecule has 0 amide bonds. The minimum Gasteiger partial charge on any atom is -0.410 e. The molecule has 1 heterocycles. The first kappa shape index (κ1) is 8.97. The van der Waals surface area contributed by atoms with E-state index in [-0.39, 0.29) is 5.17 Å². The summed E-state index contributed by atoms with van der Waals surface area (Å²) in [6.07, 6.45) is 1.70. The third-order valence-corrected chi connectivity index (χ3v) is 2.23. The van der Waals surface area contributed by atoms with Gasteiger partial charge in [0.05, 0.1) is 5.52 Å². The molecule has 1 N–H and O–H groups in total. The Kier molecular flexibility index (Phi) is 2.33. The zero-order chi connectivity index (χ0) is 9.97. The molecule has 0 fully saturated rings. The Hall–Kier alpha value is -1.61. The van der Waals surface area contributed by atoms with Crippen molar-refractivity contribution in [3.8, 4) is 0 Å². The monoisotopic (exact) mass is 206 g/mol. The topological polar surface area (TPSA) is 45.5 Å². The minimum atomic E-state index is 0.0728. The highest BCUT2D eigenvalue weighted by Crippen LogP contribution is 2.18. The van der Waals surface area contributed by atoms with Crippen LogP contribution < -0.4 is 0 Å². The number of benzene rings is 1. The molecule has 0 bridgehead atoms. The van der Waals surface area contributed by atoms with Crippen molar-refractivity contribution in [2.24, 2.45) is 5.16 Å². The van der Waals surface area contributed by atoms with Crippen LogP contribution in [0.25, 0.3) is 10.9 Å². The fraction of sp³-hybridized carbons (Fsp3) is 0. The molecule has 0 saturated heterocycles. The van der Waals surface area contributed by atoms with E-state index in [0.717, 1.165) is 10.9 Å². The number of fused-ring (bicyclic) bond motifs is 1. The summed E-state index contributed by atoms with van der Waals surface area (Å²) in [5.41, 5.74) is 1.51. The highest BCUT2D eigenvalue weighted by atomic mass is 35.5. The number of halogens is 1. The van der Waals surface area contributed by atoms with E-state index >= 15 is 0 Å². The van der Waals surface area contributed by atoms with Crippen LogP contribution in [0, 0.1) is 0 Å². The molecule has 0 aliphatic carbocycles. The van der Waals surface area contributed by atoms with E-state index in [0.29, 0.717) is 5.56 Å². The fourth-order valence-electron chi connectivity index (χ4n) is 1.34. The van der Waals surface area contributed by atoms with Gasteiger partial charge < -0.3 is 5.21 Å². The first-order chi connectivity index (χ1) is 6.83. The second-order valence-corrected chi connectivity index (χ2v) is 3.12. The number of aromatic nitrogens is 1. The van der Waals surface area contributed by atoms with Gasteiger partial charge in [0.1, 0.15) is 0 Å². The van der Waals surface area contributed by atoms with Gasteiger partial charge in [0, 0.05) is 17.1 Å². The molecule has 2 rings (SSSR count). The van der Waals surface area contributed by atoms with Crippen LogP contribution in [0.2, 0.25) is 0 Å². The molecular formula is C10H7ClN2O. The average molecular weight is 207 g/mol. The smallest absolute Gasteiger partial charge is 0.176 e. The molecule has 1 aromatic carbocycles. The van der Waals surface area contributed by atoms with Crippen molar-refractivity contribution in [1.29, 1.82) is 0 Å². The van der Waals surface area contributed by atoms with Crippen molar-refractivity contribution in [2.45, 2.75) is 0 Å². The van der Waals surface area contributed by atoms with Gasteiger partial charge in [-0.25, -0.2) is 0 Å². The Morgan fingerprint density at radius 1 is 1.29 bits per heavy atom. The lowest BCUT2D eigenvalue weighted by atomic mass is 10.1. The van der Waals surface area contributed by atoms with Crippen molar-refractivity contribution in [2.75, 3.05) is 0 Å². The summed E-state index contributed by atoms with van der Waals surface area (Å²) in [5, 5.41) is 12.5. The molecule has 0 unspecified atom stereocenters. The number of rotatable bonds is 1. The predicted molar refractivity (Wildman–Crippen MR) is 55.9 cm³/mol. The van der Waals surface area contributed by atoms with Crippen molar-refractivity contribution >= 4 is 27.7 Å². The Bertz CT molecular complexity index is 491. The van der Waals surface area contributed by atoms with Gasteiger partial charge in [0.15, 0.2) is 5.17 Å². The molecule has 14 heavy (non-hydrogen) atoms. The van der Waals surface area contributed by atoms with Gasteiger partial charge in [-0.1, -0.05) is 35.0 Å². The molecule has 1 aromatic heterocycles. The number of oxime groups is 1. The van der Waals surface area contributed by atoms with Crippen molar-refractivity contribution in [3.05, 3.63) is 42.1 Å². The van der Waals surface area contributed by atoms with Crippen LogP contribution in [0.5, 0.6) is 0 Å². The van der Waals surface area contributed by atoms with Crippen molar-refractivity contribution < 1.29 is 5.21 Å². The predicted octanol–water partition coefficient (Wildman–Crippen LogP) is 2.61. The normalized spacial score (nSPS) is 11.9. The summed E-state index contributed by atoms with van der Waals surface area (Å²) in [4.78, 5) is 4.16. The largest absolute Gasteiger partial charge is 0.410 e. The maximum Gasteiger partial charge on any atom is 0.176 e. The molecule has 70 valence electrons. The fourth-order valence-corrected chi connectivity index (χ4v) is 1.50. The minimum absolute atomic E-state index is 0.0728. The lowest BCUT2D eigenvalue weighted by Crippen LogP contribution is -1.93. The number of nitrogens with zero attached hydrogens (tertiary/aromatic N) is 2. The zero-order valence-corrected chi connectivity index (χ0v) is 7.94. The van der Waals surface area contributed by atoms with E-state index in [4.69, 9.17) is 16.8 Å². The third-order valence-electron chi connectivity index (χ3n) is 1.96. The van der Waals surface area contributed by atoms with E-state index in [9.17, 15) is 0 Å². The van der Waals surface area contributed by atoms with E-state index < -0.39 is 0 Å². The first-order valence-corrected chi connectivity index (χ1v) is 4.42. The summed E-state index contributed by atoms with van der Waals surface area (Å²) in [6.45, 7) is 0. The maximum atomic E-state index is 8.58. The standard InChI is InChI=1S/C10H7ClN2O/c11-10(13-14)8-3-1-5-9-7(8)4-2-6-12-9/h1-6,14H. The van der Waals surface area contributed by atoms with Crippen molar-refractivity contribution in [1.82, 2.24) is 4.98 Å². The van der Waals surface area contributed by atoms with Crippen LogP contribution >= 0.6 is 11.6 Å². The third kappa shape index (κ3) is 1.42. The molecule has 0 saturated carbocycles. The van der Waals surface area contributed by atoms with Crippen molar-refractivity contribution in [3.63, 3.8) is 0 Å². The zero-order valence-electron chi connectivity index (χ0n) is 7.18. The van der Waals surface area contributed by atoms with Gasteiger partial charge in [-0.2, -0.15) is 0 Å². The Morgan fingerprint density at radius 3 is 2.93 bits per heavy atom. The Morgan fingerprint density at radius 2 is 2.14 bits per heavy atom. The van der Waals surface area contributed by atoms with Crippen LogP contribution in [0.4, 0.5) is 0 Å². The Labute approximate surface area is 85.6 Å². The van der Waals surface area contributed by atoms with E-state index in [1.165, 1.54) is 0 Å². The summed E-state index contributed by atoms with van der Waals surface area (Å²) in [6, 6.07) is 9.17. The lowest BCUT2D eigenvalue weighted by molar-refractivity contribution is 0.321. The summed E-state index contributed by atoms with van der Waals surface area (Å²) in [7, 11) is 0. The molecular weight excluding hydrogens is 200 g/mol. The van der Waals surface area contributed by atoms with Gasteiger partial charge >= 0.3 is 0 Å². The second-order valence-electron chi connectivity index (χ2n) is 2.77. The molecule has 0 spiro atoms. The quantitative estimate of drug-likeness (QED) is 0.443. The molecule has 0 atom stereocenters. The average Bonchev–Trinajstić information content (AvgIpc) is 2.27. The molecule has 3 nitrogen and oxygen atoms in total. The van der Waals surface area contributed by atoms with Crippen LogP contribution in [0.3, 0.4) is 0 Å². The maximum absolute atomic E-state index is 8.58. The lowest BCUT2D eigenvalue weighted by Gasteiger charge is -2.01.